The standard InChI is InChI=1S/C14H21NO3/c1-16-11-7-13(18-3)12(17-2)6-10(11)8-14(9-15)4-5-14/h6-7H,4-5,8-9,15H2,1-3H3. The number of nitrogens with two attached hydrogens (primary N) is 1. The average molecular weight is 251 g/mol. The molecule has 1 aliphatic rings. The van der Waals surface area contributed by atoms with E-state index in [4.69, 9.17) is 19.9 Å². The van der Waals surface area contributed by atoms with Gasteiger partial charge < -0.3 is 19.9 Å². The number of rotatable bonds is 6. The predicted molar refractivity (Wildman–Crippen MR) is 70.5 cm³/mol. The van der Waals surface area contributed by atoms with Gasteiger partial charge in [-0.25, -0.2) is 0 Å². The maximum absolute atomic E-state index is 5.84. The highest BCUT2D eigenvalue weighted by Crippen LogP contribution is 2.49. The molecule has 1 aromatic rings. The van der Waals surface area contributed by atoms with Crippen molar-refractivity contribution >= 4 is 0 Å². The average Bonchev–Trinajstić information content (AvgIpc) is 3.18. The van der Waals surface area contributed by atoms with Crippen LogP contribution in [0.4, 0.5) is 0 Å². The van der Waals surface area contributed by atoms with Crippen molar-refractivity contribution in [3.05, 3.63) is 17.7 Å². The van der Waals surface area contributed by atoms with E-state index in [2.05, 4.69) is 0 Å². The van der Waals surface area contributed by atoms with Crippen LogP contribution in [0.1, 0.15) is 18.4 Å². The van der Waals surface area contributed by atoms with Crippen LogP contribution in [0.25, 0.3) is 0 Å². The summed E-state index contributed by atoms with van der Waals surface area (Å²) in [5.74, 6) is 2.27. The van der Waals surface area contributed by atoms with Crippen LogP contribution in [0.15, 0.2) is 12.1 Å². The van der Waals surface area contributed by atoms with Crippen molar-refractivity contribution in [2.45, 2.75) is 19.3 Å². The maximum atomic E-state index is 5.84. The molecule has 18 heavy (non-hydrogen) atoms. The van der Waals surface area contributed by atoms with E-state index < -0.39 is 0 Å². The lowest BCUT2D eigenvalue weighted by Crippen LogP contribution is -2.18. The third kappa shape index (κ3) is 2.38. The Hall–Kier alpha value is -1.42. The Balaban J connectivity index is 2.33. The van der Waals surface area contributed by atoms with Crippen LogP contribution in [0.2, 0.25) is 0 Å². The molecule has 0 spiro atoms. The van der Waals surface area contributed by atoms with Gasteiger partial charge in [0.15, 0.2) is 11.5 Å². The van der Waals surface area contributed by atoms with E-state index in [9.17, 15) is 0 Å². The third-order valence-electron chi connectivity index (χ3n) is 3.74. The van der Waals surface area contributed by atoms with Crippen LogP contribution in [0.5, 0.6) is 17.2 Å². The van der Waals surface area contributed by atoms with Crippen LogP contribution < -0.4 is 19.9 Å². The minimum absolute atomic E-state index is 0.271. The molecule has 2 rings (SSSR count). The lowest BCUT2D eigenvalue weighted by Gasteiger charge is -2.17. The molecule has 0 aliphatic heterocycles. The Bertz CT molecular complexity index is 427. The number of ether oxygens (including phenoxy) is 3. The molecule has 0 amide bonds. The Morgan fingerprint density at radius 2 is 1.56 bits per heavy atom. The Morgan fingerprint density at radius 1 is 1.00 bits per heavy atom. The van der Waals surface area contributed by atoms with Crippen molar-refractivity contribution < 1.29 is 14.2 Å². The number of hydrogen-bond donors (Lipinski definition) is 1. The number of hydrogen-bond acceptors (Lipinski definition) is 4. The lowest BCUT2D eigenvalue weighted by molar-refractivity contribution is 0.346. The first-order valence-electron chi connectivity index (χ1n) is 6.17. The van der Waals surface area contributed by atoms with Gasteiger partial charge in [0.05, 0.1) is 21.3 Å². The summed E-state index contributed by atoms with van der Waals surface area (Å²) in [4.78, 5) is 0. The fraction of sp³-hybridized carbons (Fsp3) is 0.571. The quantitative estimate of drug-likeness (QED) is 0.840. The Morgan fingerprint density at radius 3 is 2.00 bits per heavy atom. The summed E-state index contributed by atoms with van der Waals surface area (Å²) in [5.41, 5.74) is 7.25. The molecular formula is C14H21NO3. The molecule has 0 radical (unpaired) electrons. The van der Waals surface area contributed by atoms with Gasteiger partial charge in [0.25, 0.3) is 0 Å². The van der Waals surface area contributed by atoms with Crippen molar-refractivity contribution in [2.75, 3.05) is 27.9 Å². The minimum atomic E-state index is 0.271. The van der Waals surface area contributed by atoms with Gasteiger partial charge >= 0.3 is 0 Å². The van der Waals surface area contributed by atoms with Crippen LogP contribution in [-0.2, 0) is 6.42 Å². The van der Waals surface area contributed by atoms with Crippen molar-refractivity contribution in [1.82, 2.24) is 0 Å². The second-order valence-corrected chi connectivity index (χ2v) is 4.90. The summed E-state index contributed by atoms with van der Waals surface area (Å²) in [5, 5.41) is 0. The monoisotopic (exact) mass is 251 g/mol. The second-order valence-electron chi connectivity index (χ2n) is 4.90. The van der Waals surface area contributed by atoms with Gasteiger partial charge in [0, 0.05) is 6.07 Å². The summed E-state index contributed by atoms with van der Waals surface area (Å²) in [7, 11) is 4.94. The van der Waals surface area contributed by atoms with Gasteiger partial charge in [-0.2, -0.15) is 0 Å². The molecule has 2 N–H and O–H groups in total. The van der Waals surface area contributed by atoms with Crippen molar-refractivity contribution in [1.29, 1.82) is 0 Å². The van der Waals surface area contributed by atoms with Gasteiger partial charge in [-0.05, 0) is 42.9 Å². The first kappa shape index (κ1) is 13.0. The highest BCUT2D eigenvalue weighted by molar-refractivity contribution is 5.51. The summed E-state index contributed by atoms with van der Waals surface area (Å²) in [6, 6.07) is 3.87. The van der Waals surface area contributed by atoms with E-state index in [-0.39, 0.29) is 5.41 Å². The molecule has 1 aromatic carbocycles. The zero-order valence-corrected chi connectivity index (χ0v) is 11.3. The lowest BCUT2D eigenvalue weighted by atomic mass is 9.95. The molecule has 1 aliphatic carbocycles. The molecule has 0 saturated heterocycles. The van der Waals surface area contributed by atoms with E-state index in [1.165, 1.54) is 12.8 Å². The van der Waals surface area contributed by atoms with Crippen LogP contribution in [0, 0.1) is 5.41 Å². The fourth-order valence-electron chi connectivity index (χ4n) is 2.26. The van der Waals surface area contributed by atoms with E-state index >= 15 is 0 Å². The molecule has 0 aromatic heterocycles. The van der Waals surface area contributed by atoms with Gasteiger partial charge in [-0.1, -0.05) is 0 Å². The summed E-state index contributed by atoms with van der Waals surface area (Å²) in [6.07, 6.45) is 3.33. The van der Waals surface area contributed by atoms with E-state index in [0.717, 1.165) is 30.0 Å². The summed E-state index contributed by atoms with van der Waals surface area (Å²) < 4.78 is 16.0. The molecular weight excluding hydrogens is 230 g/mol. The van der Waals surface area contributed by atoms with Gasteiger partial charge in [0.2, 0.25) is 0 Å². The number of benzene rings is 1. The predicted octanol–water partition coefficient (Wildman–Crippen LogP) is 1.99. The molecule has 100 valence electrons. The van der Waals surface area contributed by atoms with Crippen LogP contribution in [-0.4, -0.2) is 27.9 Å². The normalized spacial score (nSPS) is 16.2. The molecule has 4 nitrogen and oxygen atoms in total. The van der Waals surface area contributed by atoms with Crippen LogP contribution in [0.3, 0.4) is 0 Å². The first-order chi connectivity index (χ1) is 8.68. The van der Waals surface area contributed by atoms with E-state index in [1.54, 1.807) is 21.3 Å². The SMILES string of the molecule is COc1cc(OC)c(OC)cc1CC1(CN)CC1. The van der Waals surface area contributed by atoms with Crippen LogP contribution >= 0.6 is 0 Å². The molecule has 0 atom stereocenters. The highest BCUT2D eigenvalue weighted by Gasteiger charge is 2.41. The molecule has 0 heterocycles. The highest BCUT2D eigenvalue weighted by atomic mass is 16.5. The van der Waals surface area contributed by atoms with E-state index in [0.29, 0.717) is 5.75 Å². The summed E-state index contributed by atoms with van der Waals surface area (Å²) >= 11 is 0. The smallest absolute Gasteiger partial charge is 0.164 e. The summed E-state index contributed by atoms with van der Waals surface area (Å²) in [6.45, 7) is 0.727. The maximum Gasteiger partial charge on any atom is 0.164 e. The Labute approximate surface area is 108 Å². The van der Waals surface area contributed by atoms with Gasteiger partial charge in [0.1, 0.15) is 5.75 Å². The molecule has 0 bridgehead atoms. The number of methoxy groups -OCH3 is 3. The van der Waals surface area contributed by atoms with Crippen molar-refractivity contribution in [2.24, 2.45) is 11.1 Å². The molecule has 0 unspecified atom stereocenters. The Kier molecular flexibility index (Phi) is 3.66. The third-order valence-corrected chi connectivity index (χ3v) is 3.74. The van der Waals surface area contributed by atoms with E-state index in [1.807, 2.05) is 12.1 Å². The van der Waals surface area contributed by atoms with Gasteiger partial charge in [-0.15, -0.1) is 0 Å². The zero-order chi connectivity index (χ0) is 13.2. The zero-order valence-electron chi connectivity index (χ0n) is 11.3. The minimum Gasteiger partial charge on any atom is -0.496 e. The van der Waals surface area contributed by atoms with Gasteiger partial charge in [-0.3, -0.25) is 0 Å². The molecule has 4 heteroatoms. The first-order valence-corrected chi connectivity index (χ1v) is 6.17. The topological polar surface area (TPSA) is 53.7 Å². The van der Waals surface area contributed by atoms with Crippen molar-refractivity contribution in [3.63, 3.8) is 0 Å². The van der Waals surface area contributed by atoms with Crippen molar-refractivity contribution in [3.8, 4) is 17.2 Å². The molecule has 1 saturated carbocycles. The molecule has 1 fully saturated rings. The largest absolute Gasteiger partial charge is 0.496 e. The second kappa shape index (κ2) is 5.06. The fourth-order valence-corrected chi connectivity index (χ4v) is 2.26.